The second-order valence-electron chi connectivity index (χ2n) is 3.23. The van der Waals surface area contributed by atoms with Gasteiger partial charge in [0.25, 0.3) is 5.95 Å². The third-order valence-corrected chi connectivity index (χ3v) is 2.37. The molecule has 0 aliphatic heterocycles. The molecule has 8 heteroatoms. The Balaban J connectivity index is 2.31. The van der Waals surface area contributed by atoms with Crippen molar-refractivity contribution in [1.82, 2.24) is 24.7 Å². The summed E-state index contributed by atoms with van der Waals surface area (Å²) in [6.45, 7) is 2.54. The summed E-state index contributed by atoms with van der Waals surface area (Å²) in [6.07, 6.45) is 4.37. The summed E-state index contributed by atoms with van der Waals surface area (Å²) in [6, 6.07) is 0.222. The zero-order chi connectivity index (χ0) is 12.3. The second-order valence-corrected chi connectivity index (χ2v) is 4.47. The average molecular weight is 346 g/mol. The highest BCUT2D eigenvalue weighted by atomic mass is 127. The fourth-order valence-corrected chi connectivity index (χ4v) is 1.52. The maximum atomic E-state index is 5.59. The molecule has 0 amide bonds. The lowest BCUT2D eigenvalue weighted by atomic mass is 10.5. The number of anilines is 1. The lowest BCUT2D eigenvalue weighted by Gasteiger charge is -2.05. The first-order chi connectivity index (χ1) is 8.19. The highest BCUT2D eigenvalue weighted by molar-refractivity contribution is 14.1. The molecule has 0 bridgehead atoms. The van der Waals surface area contributed by atoms with Gasteiger partial charge in [-0.25, -0.2) is 4.68 Å². The van der Waals surface area contributed by atoms with Crippen LogP contribution in [0.1, 0.15) is 13.3 Å². The van der Waals surface area contributed by atoms with Crippen LogP contribution in [0.25, 0.3) is 5.95 Å². The average Bonchev–Trinajstić information content (AvgIpc) is 2.72. The van der Waals surface area contributed by atoms with E-state index in [2.05, 4.69) is 42.6 Å². The predicted molar refractivity (Wildman–Crippen MR) is 69.9 cm³/mol. The monoisotopic (exact) mass is 346 g/mol. The van der Waals surface area contributed by atoms with Gasteiger partial charge < -0.3 is 10.5 Å². The number of halogens is 1. The molecule has 90 valence electrons. The van der Waals surface area contributed by atoms with Crippen LogP contribution in [0.4, 0.5) is 5.95 Å². The molecule has 2 heterocycles. The maximum Gasteiger partial charge on any atom is 0.323 e. The minimum Gasteiger partial charge on any atom is -0.463 e. The highest BCUT2D eigenvalue weighted by Gasteiger charge is 2.08. The fraction of sp³-hybridized carbons (Fsp3) is 0.333. The maximum absolute atomic E-state index is 5.59. The van der Waals surface area contributed by atoms with Crippen LogP contribution in [0, 0.1) is 3.57 Å². The summed E-state index contributed by atoms with van der Waals surface area (Å²) in [4.78, 5) is 12.0. The van der Waals surface area contributed by atoms with Crippen LogP contribution < -0.4 is 10.5 Å². The summed E-state index contributed by atoms with van der Waals surface area (Å²) in [5.74, 6) is 0.470. The van der Waals surface area contributed by atoms with Crippen molar-refractivity contribution in [2.45, 2.75) is 13.3 Å². The molecule has 0 radical (unpaired) electrons. The Kier molecular flexibility index (Phi) is 3.71. The van der Waals surface area contributed by atoms with Gasteiger partial charge in [-0.1, -0.05) is 6.92 Å². The number of nitrogens with zero attached hydrogens (tertiary/aromatic N) is 5. The Labute approximate surface area is 112 Å². The molecule has 0 saturated heterocycles. The zero-order valence-corrected chi connectivity index (χ0v) is 11.3. The molecule has 0 atom stereocenters. The van der Waals surface area contributed by atoms with Gasteiger partial charge in [0.15, 0.2) is 0 Å². The Hall–Kier alpha value is -1.45. The summed E-state index contributed by atoms with van der Waals surface area (Å²) < 4.78 is 7.83. The number of hydrogen-bond donors (Lipinski definition) is 1. The molecule has 2 aromatic rings. The molecule has 0 unspecified atom stereocenters. The van der Waals surface area contributed by atoms with Gasteiger partial charge in [-0.05, 0) is 29.0 Å². The van der Waals surface area contributed by atoms with Crippen molar-refractivity contribution in [3.63, 3.8) is 0 Å². The molecule has 2 aromatic heterocycles. The van der Waals surface area contributed by atoms with Crippen LogP contribution >= 0.6 is 22.6 Å². The molecule has 0 spiro atoms. The van der Waals surface area contributed by atoms with Crippen molar-refractivity contribution in [2.24, 2.45) is 0 Å². The minimum absolute atomic E-state index is 0.117. The molecular formula is C9H11IN6O. The number of hydrogen-bond acceptors (Lipinski definition) is 6. The van der Waals surface area contributed by atoms with Gasteiger partial charge in [-0.15, -0.1) is 0 Å². The first kappa shape index (κ1) is 12.0. The predicted octanol–water partition coefficient (Wildman–Crippen LogP) is 1.03. The summed E-state index contributed by atoms with van der Waals surface area (Å²) >= 11 is 2.15. The molecule has 7 nitrogen and oxygen atoms in total. The molecule has 0 aromatic carbocycles. The van der Waals surface area contributed by atoms with Crippen LogP contribution in [0.5, 0.6) is 6.01 Å². The number of nitrogens with two attached hydrogens (primary N) is 1. The van der Waals surface area contributed by atoms with Gasteiger partial charge in [0.2, 0.25) is 5.95 Å². The van der Waals surface area contributed by atoms with Gasteiger partial charge in [-0.3, -0.25) is 0 Å². The highest BCUT2D eigenvalue weighted by Crippen LogP contribution is 2.10. The fourth-order valence-electron chi connectivity index (χ4n) is 1.13. The van der Waals surface area contributed by atoms with Gasteiger partial charge in [-0.2, -0.15) is 20.1 Å². The lowest BCUT2D eigenvalue weighted by molar-refractivity contribution is 0.291. The Morgan fingerprint density at radius 3 is 2.88 bits per heavy atom. The lowest BCUT2D eigenvalue weighted by Crippen LogP contribution is -2.09. The van der Waals surface area contributed by atoms with E-state index in [0.29, 0.717) is 12.6 Å². The molecule has 0 aliphatic carbocycles. The van der Waals surface area contributed by atoms with Crippen LogP contribution in [0.15, 0.2) is 12.4 Å². The van der Waals surface area contributed by atoms with Crippen molar-refractivity contribution in [3.8, 4) is 12.0 Å². The molecule has 0 saturated carbocycles. The first-order valence-electron chi connectivity index (χ1n) is 5.04. The van der Waals surface area contributed by atoms with E-state index in [4.69, 9.17) is 10.5 Å². The van der Waals surface area contributed by atoms with E-state index in [-0.39, 0.29) is 12.0 Å². The van der Waals surface area contributed by atoms with Gasteiger partial charge in [0.05, 0.1) is 16.4 Å². The SMILES string of the molecule is CCCOc1nc(N)nc(-n2cc(I)cn2)n1. The summed E-state index contributed by atoms with van der Waals surface area (Å²) in [7, 11) is 0. The van der Waals surface area contributed by atoms with E-state index < -0.39 is 0 Å². The van der Waals surface area contributed by atoms with E-state index >= 15 is 0 Å². The molecule has 0 fully saturated rings. The van der Waals surface area contributed by atoms with Gasteiger partial charge >= 0.3 is 6.01 Å². The van der Waals surface area contributed by atoms with E-state index in [1.54, 1.807) is 12.4 Å². The largest absolute Gasteiger partial charge is 0.463 e. The molecule has 2 rings (SSSR count). The van der Waals surface area contributed by atoms with E-state index in [9.17, 15) is 0 Å². The Morgan fingerprint density at radius 2 is 2.24 bits per heavy atom. The quantitative estimate of drug-likeness (QED) is 0.832. The van der Waals surface area contributed by atoms with Crippen LogP contribution in [0.2, 0.25) is 0 Å². The van der Waals surface area contributed by atoms with E-state index in [1.165, 1.54) is 4.68 Å². The second kappa shape index (κ2) is 5.25. The number of rotatable bonds is 4. The van der Waals surface area contributed by atoms with Crippen molar-refractivity contribution >= 4 is 28.5 Å². The Bertz CT molecular complexity index is 514. The van der Waals surface area contributed by atoms with Gasteiger partial charge in [0, 0.05) is 6.20 Å². The smallest absolute Gasteiger partial charge is 0.323 e. The molecule has 0 aliphatic rings. The van der Waals surface area contributed by atoms with Crippen LogP contribution in [-0.2, 0) is 0 Å². The standard InChI is InChI=1S/C9H11IN6O/c1-2-3-17-9-14-7(11)13-8(15-9)16-5-6(10)4-12-16/h4-5H,2-3H2,1H3,(H2,11,13,14,15). The number of nitrogen functional groups attached to an aromatic ring is 1. The van der Waals surface area contributed by atoms with Crippen molar-refractivity contribution < 1.29 is 4.74 Å². The third-order valence-electron chi connectivity index (χ3n) is 1.81. The normalized spacial score (nSPS) is 10.5. The number of aromatic nitrogens is 5. The van der Waals surface area contributed by atoms with E-state index in [1.807, 2.05) is 6.92 Å². The summed E-state index contributed by atoms with van der Waals surface area (Å²) in [5, 5.41) is 4.09. The third kappa shape index (κ3) is 3.02. The minimum atomic E-state index is 0.117. The molecule has 17 heavy (non-hydrogen) atoms. The summed E-state index contributed by atoms with van der Waals surface area (Å²) in [5.41, 5.74) is 5.59. The topological polar surface area (TPSA) is 91.7 Å². The van der Waals surface area contributed by atoms with Crippen LogP contribution in [0.3, 0.4) is 0 Å². The molecular weight excluding hydrogens is 335 g/mol. The first-order valence-corrected chi connectivity index (χ1v) is 6.12. The van der Waals surface area contributed by atoms with Crippen molar-refractivity contribution in [2.75, 3.05) is 12.3 Å². The van der Waals surface area contributed by atoms with Crippen molar-refractivity contribution in [1.29, 1.82) is 0 Å². The van der Waals surface area contributed by atoms with Crippen LogP contribution in [-0.4, -0.2) is 31.3 Å². The zero-order valence-electron chi connectivity index (χ0n) is 9.17. The number of ether oxygens (including phenoxy) is 1. The molecule has 2 N–H and O–H groups in total. The van der Waals surface area contributed by atoms with E-state index in [0.717, 1.165) is 9.99 Å². The Morgan fingerprint density at radius 1 is 1.41 bits per heavy atom. The van der Waals surface area contributed by atoms with Crippen molar-refractivity contribution in [3.05, 3.63) is 16.0 Å². The van der Waals surface area contributed by atoms with Gasteiger partial charge in [0.1, 0.15) is 0 Å².